The number of aromatic nitrogens is 3. The molecule has 0 saturated heterocycles. The first-order valence-corrected chi connectivity index (χ1v) is 7.00. The number of carboxylic acids is 1. The molecule has 0 aliphatic carbocycles. The third-order valence-electron chi connectivity index (χ3n) is 2.82. The van der Waals surface area contributed by atoms with Crippen LogP contribution in [0.1, 0.15) is 24.5 Å². The second kappa shape index (κ2) is 5.68. The number of aryl methyl sites for hydroxylation is 1. The number of carboxylic acid groups (broad SMARTS) is 1. The molecule has 0 aliphatic heterocycles. The second-order valence-corrected chi connectivity index (χ2v) is 5.86. The monoisotopic (exact) mass is 296 g/mol. The van der Waals surface area contributed by atoms with Crippen LogP contribution in [0.5, 0.6) is 0 Å². The summed E-state index contributed by atoms with van der Waals surface area (Å²) in [6.07, 6.45) is 0. The Kier molecular flexibility index (Phi) is 4.15. The SMILES string of the molecule is Cc1cc(=O)n2nc(CN(CC(=O)O)C(C)C)sc2n1. The molecule has 2 rings (SSSR count). The van der Waals surface area contributed by atoms with Crippen molar-refractivity contribution in [3.8, 4) is 0 Å². The molecule has 0 amide bonds. The van der Waals surface area contributed by atoms with E-state index in [4.69, 9.17) is 5.11 Å². The highest BCUT2D eigenvalue weighted by molar-refractivity contribution is 7.16. The molecule has 1 N–H and O–H groups in total. The van der Waals surface area contributed by atoms with Gasteiger partial charge in [0.1, 0.15) is 5.01 Å². The first-order valence-electron chi connectivity index (χ1n) is 6.19. The number of aliphatic carboxylic acids is 1. The van der Waals surface area contributed by atoms with Gasteiger partial charge in [0.25, 0.3) is 5.56 Å². The van der Waals surface area contributed by atoms with E-state index < -0.39 is 5.97 Å². The summed E-state index contributed by atoms with van der Waals surface area (Å²) in [4.78, 5) is 29.2. The van der Waals surface area contributed by atoms with Crippen molar-refractivity contribution < 1.29 is 9.90 Å². The minimum absolute atomic E-state index is 0.0606. The molecule has 108 valence electrons. The minimum atomic E-state index is -0.883. The maximum Gasteiger partial charge on any atom is 0.317 e. The van der Waals surface area contributed by atoms with Crippen LogP contribution in [0.25, 0.3) is 4.96 Å². The van der Waals surface area contributed by atoms with Crippen LogP contribution in [-0.4, -0.2) is 43.2 Å². The van der Waals surface area contributed by atoms with Gasteiger partial charge in [-0.15, -0.1) is 0 Å². The molecule has 20 heavy (non-hydrogen) atoms. The number of fused-ring (bicyclic) bond motifs is 1. The fourth-order valence-corrected chi connectivity index (χ4v) is 2.76. The average molecular weight is 296 g/mol. The molecule has 0 unspecified atom stereocenters. The molecule has 2 heterocycles. The Morgan fingerprint density at radius 2 is 2.25 bits per heavy atom. The molecule has 0 fully saturated rings. The van der Waals surface area contributed by atoms with E-state index in [0.717, 1.165) is 0 Å². The van der Waals surface area contributed by atoms with Crippen molar-refractivity contribution in [2.24, 2.45) is 0 Å². The molecule has 0 aromatic carbocycles. The number of rotatable bonds is 5. The van der Waals surface area contributed by atoms with Gasteiger partial charge in [0.05, 0.1) is 13.1 Å². The zero-order valence-corrected chi connectivity index (χ0v) is 12.3. The van der Waals surface area contributed by atoms with Gasteiger partial charge in [-0.05, 0) is 20.8 Å². The van der Waals surface area contributed by atoms with Gasteiger partial charge in [0, 0.05) is 17.8 Å². The zero-order chi connectivity index (χ0) is 14.9. The number of carbonyl (C=O) groups is 1. The third kappa shape index (κ3) is 3.20. The van der Waals surface area contributed by atoms with E-state index >= 15 is 0 Å². The summed E-state index contributed by atoms with van der Waals surface area (Å²) < 4.78 is 1.26. The first kappa shape index (κ1) is 14.6. The second-order valence-electron chi connectivity index (χ2n) is 4.82. The molecular weight excluding hydrogens is 280 g/mol. The molecule has 0 bridgehead atoms. The van der Waals surface area contributed by atoms with E-state index in [2.05, 4.69) is 10.1 Å². The summed E-state index contributed by atoms with van der Waals surface area (Å²) in [5.74, 6) is -0.883. The van der Waals surface area contributed by atoms with Crippen LogP contribution >= 0.6 is 11.3 Å². The summed E-state index contributed by atoms with van der Waals surface area (Å²) in [5, 5.41) is 13.8. The van der Waals surface area contributed by atoms with Crippen LogP contribution < -0.4 is 5.56 Å². The zero-order valence-electron chi connectivity index (χ0n) is 11.5. The van der Waals surface area contributed by atoms with Crippen molar-refractivity contribution in [2.75, 3.05) is 6.54 Å². The van der Waals surface area contributed by atoms with Crippen LogP contribution in [0, 0.1) is 6.92 Å². The van der Waals surface area contributed by atoms with Crippen LogP contribution in [0.4, 0.5) is 0 Å². The normalized spacial score (nSPS) is 11.7. The highest BCUT2D eigenvalue weighted by Crippen LogP contribution is 2.15. The predicted molar refractivity (Wildman–Crippen MR) is 75.1 cm³/mol. The van der Waals surface area contributed by atoms with E-state index in [1.165, 1.54) is 21.9 Å². The molecule has 0 atom stereocenters. The van der Waals surface area contributed by atoms with Gasteiger partial charge in [-0.3, -0.25) is 14.5 Å². The summed E-state index contributed by atoms with van der Waals surface area (Å²) in [6, 6.07) is 1.50. The molecule has 2 aromatic rings. The lowest BCUT2D eigenvalue weighted by atomic mass is 10.3. The molecule has 0 saturated carbocycles. The van der Waals surface area contributed by atoms with Crippen LogP contribution in [0.3, 0.4) is 0 Å². The molecule has 8 heteroatoms. The Morgan fingerprint density at radius 1 is 1.55 bits per heavy atom. The molecule has 0 radical (unpaired) electrons. The average Bonchev–Trinajstić information content (AvgIpc) is 2.70. The van der Waals surface area contributed by atoms with Crippen LogP contribution in [0.2, 0.25) is 0 Å². The number of nitrogens with zero attached hydrogens (tertiary/aromatic N) is 4. The number of hydrogen-bond donors (Lipinski definition) is 1. The summed E-state index contributed by atoms with van der Waals surface area (Å²) in [5.41, 5.74) is 0.431. The van der Waals surface area contributed by atoms with Gasteiger partial charge in [0.15, 0.2) is 0 Å². The topological polar surface area (TPSA) is 87.8 Å². The Balaban J connectivity index is 2.31. The van der Waals surface area contributed by atoms with Crippen molar-refractivity contribution in [3.63, 3.8) is 0 Å². The van der Waals surface area contributed by atoms with Crippen molar-refractivity contribution in [1.29, 1.82) is 0 Å². The Bertz CT molecular complexity index is 692. The Hall–Kier alpha value is -1.80. The Labute approximate surface area is 119 Å². The molecular formula is C12H16N4O3S. The lowest BCUT2D eigenvalue weighted by Gasteiger charge is -2.22. The van der Waals surface area contributed by atoms with Gasteiger partial charge in [-0.2, -0.15) is 9.61 Å². The lowest BCUT2D eigenvalue weighted by Crippen LogP contribution is -2.35. The van der Waals surface area contributed by atoms with Crippen LogP contribution in [-0.2, 0) is 11.3 Å². The van der Waals surface area contributed by atoms with E-state index in [1.807, 2.05) is 13.8 Å². The van der Waals surface area contributed by atoms with Gasteiger partial charge < -0.3 is 5.11 Å². The van der Waals surface area contributed by atoms with Crippen molar-refractivity contribution >= 4 is 22.3 Å². The maximum atomic E-state index is 11.8. The summed E-state index contributed by atoms with van der Waals surface area (Å²) in [6.45, 7) is 5.92. The van der Waals surface area contributed by atoms with Gasteiger partial charge in [-0.1, -0.05) is 11.3 Å². The minimum Gasteiger partial charge on any atom is -0.480 e. The highest BCUT2D eigenvalue weighted by atomic mass is 32.1. The predicted octanol–water partition coefficient (Wildman–Crippen LogP) is 0.754. The fourth-order valence-electron chi connectivity index (χ4n) is 1.79. The van der Waals surface area contributed by atoms with Gasteiger partial charge >= 0.3 is 5.97 Å². The van der Waals surface area contributed by atoms with E-state index in [-0.39, 0.29) is 18.1 Å². The molecule has 0 spiro atoms. The third-order valence-corrected chi connectivity index (χ3v) is 3.72. The lowest BCUT2D eigenvalue weighted by molar-refractivity contribution is -0.138. The van der Waals surface area contributed by atoms with Crippen molar-refractivity contribution in [1.82, 2.24) is 19.5 Å². The largest absolute Gasteiger partial charge is 0.480 e. The highest BCUT2D eigenvalue weighted by Gasteiger charge is 2.17. The fraction of sp³-hybridized carbons (Fsp3) is 0.500. The Morgan fingerprint density at radius 3 is 2.85 bits per heavy atom. The number of hydrogen-bond acceptors (Lipinski definition) is 6. The maximum absolute atomic E-state index is 11.8. The van der Waals surface area contributed by atoms with Crippen molar-refractivity contribution in [3.05, 3.63) is 27.1 Å². The van der Waals surface area contributed by atoms with E-state index in [1.54, 1.807) is 11.8 Å². The smallest absolute Gasteiger partial charge is 0.317 e. The standard InChI is InChI=1S/C12H16N4O3S/c1-7(2)15(6-11(18)19)5-9-14-16-10(17)4-8(3)13-12(16)20-9/h4,7H,5-6H2,1-3H3,(H,18,19). The summed E-state index contributed by atoms with van der Waals surface area (Å²) >= 11 is 1.30. The van der Waals surface area contributed by atoms with Crippen LogP contribution in [0.15, 0.2) is 10.9 Å². The molecule has 2 aromatic heterocycles. The van der Waals surface area contributed by atoms with E-state index in [0.29, 0.717) is 22.2 Å². The van der Waals surface area contributed by atoms with Crippen molar-refractivity contribution in [2.45, 2.75) is 33.4 Å². The first-order chi connectivity index (χ1) is 9.36. The molecule has 7 nitrogen and oxygen atoms in total. The van der Waals surface area contributed by atoms with Gasteiger partial charge in [0.2, 0.25) is 4.96 Å². The van der Waals surface area contributed by atoms with E-state index in [9.17, 15) is 9.59 Å². The molecule has 0 aliphatic rings. The quantitative estimate of drug-likeness (QED) is 0.876. The van der Waals surface area contributed by atoms with Gasteiger partial charge in [-0.25, -0.2) is 4.98 Å². The summed E-state index contributed by atoms with van der Waals surface area (Å²) in [7, 11) is 0.